The van der Waals surface area contributed by atoms with E-state index in [4.69, 9.17) is 5.73 Å². The van der Waals surface area contributed by atoms with E-state index in [0.717, 1.165) is 17.9 Å². The summed E-state index contributed by atoms with van der Waals surface area (Å²) in [7, 11) is 0. The maximum atomic E-state index is 9.53. The van der Waals surface area contributed by atoms with Gasteiger partial charge in [-0.1, -0.05) is 31.0 Å². The number of hydrogen-bond acceptors (Lipinski definition) is 2. The third kappa shape index (κ3) is 2.63. The lowest BCUT2D eigenvalue weighted by molar-refractivity contribution is 0.455. The molecule has 0 amide bonds. The molecule has 2 nitrogen and oxygen atoms in total. The first-order chi connectivity index (χ1) is 6.27. The van der Waals surface area contributed by atoms with E-state index in [1.807, 2.05) is 18.2 Å². The average molecular weight is 214 g/mol. The Hall–Kier alpha value is -0.730. The molecule has 14 heavy (non-hydrogen) atoms. The van der Waals surface area contributed by atoms with E-state index in [-0.39, 0.29) is 18.4 Å². The maximum absolute atomic E-state index is 9.53. The molecule has 0 bridgehead atoms. The van der Waals surface area contributed by atoms with Gasteiger partial charge in [0.2, 0.25) is 0 Å². The summed E-state index contributed by atoms with van der Waals surface area (Å²) >= 11 is 0. The topological polar surface area (TPSA) is 46.2 Å². The van der Waals surface area contributed by atoms with E-state index in [1.165, 1.54) is 12.8 Å². The highest BCUT2D eigenvalue weighted by Crippen LogP contribution is 2.38. The van der Waals surface area contributed by atoms with Gasteiger partial charge in [0, 0.05) is 11.6 Å². The molecule has 0 unspecified atom stereocenters. The van der Waals surface area contributed by atoms with E-state index in [2.05, 4.69) is 0 Å². The highest BCUT2D eigenvalue weighted by Gasteiger charge is 2.25. The van der Waals surface area contributed by atoms with Crippen LogP contribution in [-0.4, -0.2) is 5.11 Å². The number of para-hydroxylation sites is 1. The third-order valence-electron chi connectivity index (χ3n) is 2.62. The molecule has 0 aliphatic heterocycles. The molecule has 3 heteroatoms. The van der Waals surface area contributed by atoms with Gasteiger partial charge in [-0.15, -0.1) is 12.4 Å². The molecule has 0 aromatic heterocycles. The molecular formula is C11H16ClNO. The molecule has 1 aliphatic carbocycles. The molecule has 1 atom stereocenters. The van der Waals surface area contributed by atoms with Crippen molar-refractivity contribution in [1.82, 2.24) is 0 Å². The molecule has 1 saturated carbocycles. The minimum Gasteiger partial charge on any atom is -0.508 e. The fraction of sp³-hybridized carbons (Fsp3) is 0.455. The van der Waals surface area contributed by atoms with Gasteiger partial charge in [0.15, 0.2) is 0 Å². The zero-order valence-electron chi connectivity index (χ0n) is 8.02. The molecule has 0 spiro atoms. The number of aromatic hydroxyl groups is 1. The molecule has 0 saturated heterocycles. The monoisotopic (exact) mass is 213 g/mol. The first-order valence-electron chi connectivity index (χ1n) is 4.81. The Bertz CT molecular complexity index is 299. The van der Waals surface area contributed by atoms with Gasteiger partial charge in [-0.05, 0) is 18.4 Å². The van der Waals surface area contributed by atoms with Crippen molar-refractivity contribution < 1.29 is 5.11 Å². The summed E-state index contributed by atoms with van der Waals surface area (Å²) in [5, 5.41) is 9.53. The van der Waals surface area contributed by atoms with Crippen LogP contribution in [0.1, 0.15) is 30.9 Å². The van der Waals surface area contributed by atoms with Crippen LogP contribution in [0.15, 0.2) is 24.3 Å². The van der Waals surface area contributed by atoms with Crippen molar-refractivity contribution in [2.24, 2.45) is 11.7 Å². The lowest BCUT2D eigenvalue weighted by Gasteiger charge is -2.12. The molecule has 0 heterocycles. The fourth-order valence-corrected chi connectivity index (χ4v) is 1.64. The second-order valence-electron chi connectivity index (χ2n) is 3.84. The van der Waals surface area contributed by atoms with Crippen LogP contribution in [-0.2, 0) is 0 Å². The van der Waals surface area contributed by atoms with Crippen molar-refractivity contribution in [2.75, 3.05) is 0 Å². The summed E-state index contributed by atoms with van der Waals surface area (Å²) in [5.74, 6) is 1.13. The average Bonchev–Trinajstić information content (AvgIpc) is 2.89. The minimum atomic E-state index is 0. The Kier molecular flexibility index (Phi) is 3.78. The highest BCUT2D eigenvalue weighted by atomic mass is 35.5. The maximum Gasteiger partial charge on any atom is 0.120 e. The van der Waals surface area contributed by atoms with Gasteiger partial charge < -0.3 is 10.8 Å². The van der Waals surface area contributed by atoms with Gasteiger partial charge in [0.1, 0.15) is 5.75 Å². The van der Waals surface area contributed by atoms with Gasteiger partial charge in [0.25, 0.3) is 0 Å². The van der Waals surface area contributed by atoms with E-state index in [1.54, 1.807) is 6.07 Å². The number of hydrogen-bond donors (Lipinski definition) is 2. The molecule has 0 radical (unpaired) electrons. The van der Waals surface area contributed by atoms with Gasteiger partial charge in [-0.2, -0.15) is 0 Å². The van der Waals surface area contributed by atoms with Crippen LogP contribution in [0, 0.1) is 5.92 Å². The molecule has 78 valence electrons. The van der Waals surface area contributed by atoms with Crippen molar-refractivity contribution in [3.63, 3.8) is 0 Å². The summed E-state index contributed by atoms with van der Waals surface area (Å²) < 4.78 is 0. The van der Waals surface area contributed by atoms with Gasteiger partial charge in [-0.3, -0.25) is 0 Å². The molecule has 2 rings (SSSR count). The van der Waals surface area contributed by atoms with E-state index in [9.17, 15) is 5.11 Å². The van der Waals surface area contributed by atoms with Crippen molar-refractivity contribution in [2.45, 2.75) is 25.3 Å². The fourth-order valence-electron chi connectivity index (χ4n) is 1.64. The Morgan fingerprint density at radius 1 is 1.36 bits per heavy atom. The minimum absolute atomic E-state index is 0. The number of rotatable bonds is 3. The first kappa shape index (κ1) is 11.3. The highest BCUT2D eigenvalue weighted by molar-refractivity contribution is 5.85. The smallest absolute Gasteiger partial charge is 0.120 e. The largest absolute Gasteiger partial charge is 0.508 e. The van der Waals surface area contributed by atoms with E-state index < -0.39 is 0 Å². The van der Waals surface area contributed by atoms with Crippen LogP contribution in [0.3, 0.4) is 0 Å². The normalized spacial score (nSPS) is 17.2. The van der Waals surface area contributed by atoms with Crippen LogP contribution in [0.25, 0.3) is 0 Å². The SMILES string of the molecule is Cl.N[C@H](CC1CC1)c1ccccc1O. The molecule has 3 N–H and O–H groups in total. The van der Waals surface area contributed by atoms with E-state index in [0.29, 0.717) is 5.75 Å². The van der Waals surface area contributed by atoms with Gasteiger partial charge in [0.05, 0.1) is 0 Å². The van der Waals surface area contributed by atoms with Crippen molar-refractivity contribution in [3.8, 4) is 5.75 Å². The Labute approximate surface area is 90.5 Å². The Balaban J connectivity index is 0.000000980. The molecular weight excluding hydrogens is 198 g/mol. The summed E-state index contributed by atoms with van der Waals surface area (Å²) in [4.78, 5) is 0. The van der Waals surface area contributed by atoms with Crippen LogP contribution in [0.2, 0.25) is 0 Å². The van der Waals surface area contributed by atoms with Crippen LogP contribution in [0.4, 0.5) is 0 Å². The molecule has 1 aliphatic rings. The van der Waals surface area contributed by atoms with Crippen LogP contribution in [0.5, 0.6) is 5.75 Å². The lowest BCUT2D eigenvalue weighted by atomic mass is 10.0. The standard InChI is InChI=1S/C11H15NO.ClH/c12-10(7-8-5-6-8)9-3-1-2-4-11(9)13;/h1-4,8,10,13H,5-7,12H2;1H/t10-;/m1./s1. The lowest BCUT2D eigenvalue weighted by Crippen LogP contribution is -2.10. The van der Waals surface area contributed by atoms with E-state index >= 15 is 0 Å². The summed E-state index contributed by atoms with van der Waals surface area (Å²) in [6, 6.07) is 7.35. The van der Waals surface area contributed by atoms with Gasteiger partial charge in [-0.25, -0.2) is 0 Å². The number of phenolic OH excluding ortho intramolecular Hbond substituents is 1. The predicted octanol–water partition coefficient (Wildman–Crippen LogP) is 2.61. The van der Waals surface area contributed by atoms with Gasteiger partial charge >= 0.3 is 0 Å². The second-order valence-corrected chi connectivity index (χ2v) is 3.84. The Morgan fingerprint density at radius 2 is 2.00 bits per heavy atom. The molecule has 1 aromatic rings. The zero-order valence-corrected chi connectivity index (χ0v) is 8.83. The number of benzene rings is 1. The molecule has 1 aromatic carbocycles. The first-order valence-corrected chi connectivity index (χ1v) is 4.81. The van der Waals surface area contributed by atoms with Crippen molar-refractivity contribution >= 4 is 12.4 Å². The molecule has 1 fully saturated rings. The predicted molar refractivity (Wildman–Crippen MR) is 59.6 cm³/mol. The van der Waals surface area contributed by atoms with Crippen LogP contribution < -0.4 is 5.73 Å². The van der Waals surface area contributed by atoms with Crippen LogP contribution >= 0.6 is 12.4 Å². The zero-order chi connectivity index (χ0) is 9.26. The van der Waals surface area contributed by atoms with Crippen molar-refractivity contribution in [3.05, 3.63) is 29.8 Å². The Morgan fingerprint density at radius 3 is 2.57 bits per heavy atom. The second kappa shape index (κ2) is 4.67. The summed E-state index contributed by atoms with van der Waals surface area (Å²) in [6.45, 7) is 0. The third-order valence-corrected chi connectivity index (χ3v) is 2.62. The quantitative estimate of drug-likeness (QED) is 0.811. The van der Waals surface area contributed by atoms with Crippen molar-refractivity contribution in [1.29, 1.82) is 0 Å². The number of phenols is 1. The number of nitrogens with two attached hydrogens (primary N) is 1. The summed E-state index contributed by atoms with van der Waals surface area (Å²) in [5.41, 5.74) is 6.86. The number of halogens is 1. The summed E-state index contributed by atoms with van der Waals surface area (Å²) in [6.07, 6.45) is 3.63.